The molecule has 0 bridgehead atoms. The summed E-state index contributed by atoms with van der Waals surface area (Å²) in [6, 6.07) is 1.63. The van der Waals surface area contributed by atoms with Crippen LogP contribution in [0.2, 0.25) is 0 Å². The molecule has 2 N–H and O–H groups in total. The van der Waals surface area contributed by atoms with E-state index in [1.807, 2.05) is 14.1 Å². The fraction of sp³-hybridized carbons (Fsp3) is 0.615. The van der Waals surface area contributed by atoms with E-state index in [-0.39, 0.29) is 11.7 Å². The quantitative estimate of drug-likeness (QED) is 0.812. The number of anilines is 1. The number of carbonyl (C=O) groups is 1. The van der Waals surface area contributed by atoms with Crippen LogP contribution < -0.4 is 5.32 Å². The van der Waals surface area contributed by atoms with Crippen LogP contribution in [0.1, 0.15) is 30.0 Å². The molecule has 0 amide bonds. The van der Waals surface area contributed by atoms with Gasteiger partial charge in [0.2, 0.25) is 5.95 Å². The van der Waals surface area contributed by atoms with E-state index in [1.165, 1.54) is 6.07 Å². The molecule has 0 fully saturated rings. The molecule has 1 unspecified atom stereocenters. The molecular weight excluding hydrogens is 244 g/mol. The summed E-state index contributed by atoms with van der Waals surface area (Å²) in [6.07, 6.45) is 0. The highest BCUT2D eigenvalue weighted by atomic mass is 16.4. The lowest BCUT2D eigenvalue weighted by Gasteiger charge is -2.25. The van der Waals surface area contributed by atoms with E-state index < -0.39 is 5.97 Å². The van der Waals surface area contributed by atoms with Gasteiger partial charge in [0.05, 0.1) is 0 Å². The summed E-state index contributed by atoms with van der Waals surface area (Å²) in [5.41, 5.74) is 0.657. The third kappa shape index (κ3) is 4.82. The minimum atomic E-state index is -1.04. The molecule has 0 aliphatic carbocycles. The Labute approximate surface area is 113 Å². The first kappa shape index (κ1) is 15.4. The van der Waals surface area contributed by atoms with Crippen LogP contribution in [-0.2, 0) is 0 Å². The zero-order chi connectivity index (χ0) is 14.6. The monoisotopic (exact) mass is 266 g/mol. The first-order valence-electron chi connectivity index (χ1n) is 6.30. The molecule has 1 heterocycles. The number of carboxylic acids is 1. The second-order valence-electron chi connectivity index (χ2n) is 5.28. The lowest BCUT2D eigenvalue weighted by Crippen LogP contribution is -2.37. The highest BCUT2D eigenvalue weighted by Crippen LogP contribution is 2.11. The molecule has 0 aromatic carbocycles. The van der Waals surface area contributed by atoms with Crippen LogP contribution in [0.3, 0.4) is 0 Å². The van der Waals surface area contributed by atoms with E-state index in [0.717, 1.165) is 6.54 Å². The largest absolute Gasteiger partial charge is 0.477 e. The average Bonchev–Trinajstić information content (AvgIpc) is 2.26. The average molecular weight is 266 g/mol. The third-order valence-corrected chi connectivity index (χ3v) is 2.75. The molecule has 6 nitrogen and oxygen atoms in total. The smallest absolute Gasteiger partial charge is 0.354 e. The summed E-state index contributed by atoms with van der Waals surface area (Å²) in [5, 5.41) is 12.2. The molecule has 0 aliphatic rings. The van der Waals surface area contributed by atoms with Crippen LogP contribution >= 0.6 is 0 Å². The maximum absolute atomic E-state index is 11.0. The van der Waals surface area contributed by atoms with Crippen molar-refractivity contribution in [3.8, 4) is 0 Å². The zero-order valence-electron chi connectivity index (χ0n) is 12.1. The van der Waals surface area contributed by atoms with Crippen molar-refractivity contribution < 1.29 is 9.90 Å². The van der Waals surface area contributed by atoms with Gasteiger partial charge in [-0.25, -0.2) is 14.8 Å². The minimum absolute atomic E-state index is 0.0161. The molecule has 1 atom stereocenters. The van der Waals surface area contributed by atoms with Crippen molar-refractivity contribution in [2.45, 2.75) is 26.8 Å². The molecule has 0 aliphatic heterocycles. The molecular formula is C13H22N4O2. The standard InChI is InChI=1S/C13H22N4O2/c1-8(2)11(7-17(4)5)16-13-14-9(3)6-10(15-13)12(18)19/h6,8,11H,7H2,1-5H3,(H,18,19)(H,14,15,16). The molecule has 6 heteroatoms. The molecule has 19 heavy (non-hydrogen) atoms. The summed E-state index contributed by atoms with van der Waals surface area (Å²) in [5.74, 6) is -0.278. The van der Waals surface area contributed by atoms with Gasteiger partial charge < -0.3 is 15.3 Å². The molecule has 0 saturated carbocycles. The number of carboxylic acid groups (broad SMARTS) is 1. The number of aromatic nitrogens is 2. The van der Waals surface area contributed by atoms with Crippen molar-refractivity contribution in [2.24, 2.45) is 5.92 Å². The Morgan fingerprint density at radius 2 is 2.05 bits per heavy atom. The first-order valence-corrected chi connectivity index (χ1v) is 6.30. The number of aromatic carboxylic acids is 1. The minimum Gasteiger partial charge on any atom is -0.477 e. The molecule has 0 radical (unpaired) electrons. The second-order valence-corrected chi connectivity index (χ2v) is 5.28. The van der Waals surface area contributed by atoms with E-state index in [2.05, 4.69) is 34.0 Å². The Balaban J connectivity index is 2.92. The molecule has 106 valence electrons. The molecule has 0 spiro atoms. The van der Waals surface area contributed by atoms with E-state index in [0.29, 0.717) is 17.6 Å². The topological polar surface area (TPSA) is 78.3 Å². The number of hydrogen-bond donors (Lipinski definition) is 2. The summed E-state index contributed by atoms with van der Waals surface area (Å²) < 4.78 is 0. The summed E-state index contributed by atoms with van der Waals surface area (Å²) in [4.78, 5) is 21.3. The highest BCUT2D eigenvalue weighted by Gasteiger charge is 2.17. The molecule has 1 rings (SSSR count). The van der Waals surface area contributed by atoms with Crippen molar-refractivity contribution in [3.63, 3.8) is 0 Å². The van der Waals surface area contributed by atoms with Crippen LogP contribution in [0.25, 0.3) is 0 Å². The van der Waals surface area contributed by atoms with Gasteiger partial charge in [0, 0.05) is 18.3 Å². The SMILES string of the molecule is Cc1cc(C(=O)O)nc(NC(CN(C)C)C(C)C)n1. The van der Waals surface area contributed by atoms with Gasteiger partial charge in [0.25, 0.3) is 0 Å². The first-order chi connectivity index (χ1) is 8.79. The summed E-state index contributed by atoms with van der Waals surface area (Å²) in [6.45, 7) is 6.80. The van der Waals surface area contributed by atoms with E-state index in [9.17, 15) is 4.79 Å². The van der Waals surface area contributed by atoms with Crippen LogP contribution in [-0.4, -0.2) is 52.6 Å². The van der Waals surface area contributed by atoms with Crippen LogP contribution in [0, 0.1) is 12.8 Å². The lowest BCUT2D eigenvalue weighted by atomic mass is 10.0. The van der Waals surface area contributed by atoms with Gasteiger partial charge in [-0.2, -0.15) is 0 Å². The Morgan fingerprint density at radius 3 is 2.53 bits per heavy atom. The predicted molar refractivity (Wildman–Crippen MR) is 74.5 cm³/mol. The van der Waals surface area contributed by atoms with Crippen molar-refractivity contribution in [2.75, 3.05) is 26.0 Å². The van der Waals surface area contributed by atoms with Crippen LogP contribution in [0.5, 0.6) is 0 Å². The normalized spacial score (nSPS) is 12.8. The third-order valence-electron chi connectivity index (χ3n) is 2.75. The van der Waals surface area contributed by atoms with Gasteiger partial charge in [-0.05, 0) is 33.0 Å². The Morgan fingerprint density at radius 1 is 1.42 bits per heavy atom. The van der Waals surface area contributed by atoms with Gasteiger partial charge >= 0.3 is 5.97 Å². The van der Waals surface area contributed by atoms with Gasteiger partial charge in [-0.15, -0.1) is 0 Å². The van der Waals surface area contributed by atoms with Crippen molar-refractivity contribution in [1.29, 1.82) is 0 Å². The fourth-order valence-corrected chi connectivity index (χ4v) is 1.73. The number of nitrogens with one attached hydrogen (secondary N) is 1. The molecule has 1 aromatic heterocycles. The molecule has 0 saturated heterocycles. The lowest BCUT2D eigenvalue weighted by molar-refractivity contribution is 0.0690. The number of rotatable bonds is 6. The fourth-order valence-electron chi connectivity index (χ4n) is 1.73. The Kier molecular flexibility index (Phi) is 5.23. The van der Waals surface area contributed by atoms with Crippen molar-refractivity contribution in [3.05, 3.63) is 17.5 Å². The van der Waals surface area contributed by atoms with Gasteiger partial charge in [0.1, 0.15) is 0 Å². The van der Waals surface area contributed by atoms with E-state index >= 15 is 0 Å². The van der Waals surface area contributed by atoms with Gasteiger partial charge in [-0.1, -0.05) is 13.8 Å². The summed E-state index contributed by atoms with van der Waals surface area (Å²) >= 11 is 0. The van der Waals surface area contributed by atoms with E-state index in [4.69, 9.17) is 5.11 Å². The maximum atomic E-state index is 11.0. The van der Waals surface area contributed by atoms with E-state index in [1.54, 1.807) is 6.92 Å². The maximum Gasteiger partial charge on any atom is 0.354 e. The Hall–Kier alpha value is -1.69. The Bertz CT molecular complexity index is 446. The molecule has 1 aromatic rings. The van der Waals surface area contributed by atoms with Crippen LogP contribution in [0.4, 0.5) is 5.95 Å². The van der Waals surface area contributed by atoms with Crippen molar-refractivity contribution in [1.82, 2.24) is 14.9 Å². The second kappa shape index (κ2) is 6.47. The number of hydrogen-bond acceptors (Lipinski definition) is 5. The van der Waals surface area contributed by atoms with Gasteiger partial charge in [-0.3, -0.25) is 0 Å². The van der Waals surface area contributed by atoms with Crippen LogP contribution in [0.15, 0.2) is 6.07 Å². The highest BCUT2D eigenvalue weighted by molar-refractivity contribution is 5.85. The van der Waals surface area contributed by atoms with Crippen molar-refractivity contribution >= 4 is 11.9 Å². The van der Waals surface area contributed by atoms with Gasteiger partial charge in [0.15, 0.2) is 5.69 Å². The predicted octanol–water partition coefficient (Wildman–Crippen LogP) is 1.48. The summed E-state index contributed by atoms with van der Waals surface area (Å²) in [7, 11) is 3.99. The number of likely N-dealkylation sites (N-methyl/N-ethyl adjacent to an activating group) is 1. The number of nitrogens with zero attached hydrogens (tertiary/aromatic N) is 3. The zero-order valence-corrected chi connectivity index (χ0v) is 12.1. The number of aryl methyl sites for hydroxylation is 1.